The first-order valence-corrected chi connectivity index (χ1v) is 9.37. The first-order valence-electron chi connectivity index (χ1n) is 9.37. The summed E-state index contributed by atoms with van der Waals surface area (Å²) in [5.41, 5.74) is 2.93. The molecule has 0 radical (unpaired) electrons. The molecule has 6 nitrogen and oxygen atoms in total. The van der Waals surface area contributed by atoms with Crippen LogP contribution < -0.4 is 15.0 Å². The summed E-state index contributed by atoms with van der Waals surface area (Å²) in [5.74, 6) is 1.38. The molecule has 4 rings (SSSR count). The van der Waals surface area contributed by atoms with Crippen LogP contribution in [0.1, 0.15) is 23.2 Å². The van der Waals surface area contributed by atoms with Crippen molar-refractivity contribution in [1.82, 2.24) is 10.2 Å². The van der Waals surface area contributed by atoms with Crippen LogP contribution in [0.4, 0.5) is 11.5 Å². The molecule has 1 N–H and O–H groups in total. The van der Waals surface area contributed by atoms with Gasteiger partial charge in [0.1, 0.15) is 5.75 Å². The molecule has 6 heteroatoms. The normalized spacial score (nSPS) is 13.4. The minimum Gasteiger partial charge on any atom is -0.497 e. The van der Waals surface area contributed by atoms with E-state index >= 15 is 0 Å². The van der Waals surface area contributed by atoms with Crippen LogP contribution in [0.2, 0.25) is 0 Å². The van der Waals surface area contributed by atoms with E-state index in [-0.39, 0.29) is 5.91 Å². The molecule has 0 unspecified atom stereocenters. The van der Waals surface area contributed by atoms with Gasteiger partial charge in [-0.15, -0.1) is 10.2 Å². The van der Waals surface area contributed by atoms with Gasteiger partial charge >= 0.3 is 0 Å². The number of rotatable bonds is 5. The molecule has 3 aromatic rings. The van der Waals surface area contributed by atoms with Gasteiger partial charge < -0.3 is 15.0 Å². The van der Waals surface area contributed by atoms with E-state index in [1.807, 2.05) is 42.5 Å². The number of ether oxygens (including phenoxy) is 1. The van der Waals surface area contributed by atoms with Gasteiger partial charge in [-0.05, 0) is 55.3 Å². The van der Waals surface area contributed by atoms with Crippen LogP contribution in [0.5, 0.6) is 5.75 Å². The third-order valence-electron chi connectivity index (χ3n) is 4.83. The van der Waals surface area contributed by atoms with Gasteiger partial charge in [0.05, 0.1) is 12.8 Å². The molecule has 1 fully saturated rings. The SMILES string of the molecule is COc1cccc(C(=O)Nc2cccc(-c3ccc(N4CCCC4)nn3)c2)c1. The molecule has 0 saturated carbocycles. The maximum absolute atomic E-state index is 12.5. The average molecular weight is 374 g/mol. The number of carbonyl (C=O) groups is 1. The Bertz CT molecular complexity index is 966. The maximum atomic E-state index is 12.5. The number of aromatic nitrogens is 2. The fourth-order valence-corrected chi connectivity index (χ4v) is 3.32. The summed E-state index contributed by atoms with van der Waals surface area (Å²) in [4.78, 5) is 14.8. The van der Waals surface area contributed by atoms with E-state index in [2.05, 4.69) is 20.4 Å². The first kappa shape index (κ1) is 18.0. The van der Waals surface area contributed by atoms with Gasteiger partial charge in [-0.2, -0.15) is 0 Å². The van der Waals surface area contributed by atoms with Gasteiger partial charge in [-0.3, -0.25) is 4.79 Å². The molecule has 1 amide bonds. The average Bonchev–Trinajstić information content (AvgIpc) is 3.29. The Morgan fingerprint density at radius 2 is 1.82 bits per heavy atom. The number of anilines is 2. The number of carbonyl (C=O) groups excluding carboxylic acids is 1. The molecule has 0 aliphatic carbocycles. The van der Waals surface area contributed by atoms with E-state index in [0.29, 0.717) is 17.0 Å². The van der Waals surface area contributed by atoms with Crippen molar-refractivity contribution in [3.8, 4) is 17.0 Å². The van der Waals surface area contributed by atoms with Crippen molar-refractivity contribution >= 4 is 17.4 Å². The molecule has 1 aliphatic heterocycles. The minimum absolute atomic E-state index is 0.188. The number of benzene rings is 2. The summed E-state index contributed by atoms with van der Waals surface area (Å²) in [6.45, 7) is 2.08. The van der Waals surface area contributed by atoms with E-state index in [4.69, 9.17) is 4.74 Å². The summed E-state index contributed by atoms with van der Waals surface area (Å²) >= 11 is 0. The van der Waals surface area contributed by atoms with Crippen molar-refractivity contribution in [2.75, 3.05) is 30.4 Å². The largest absolute Gasteiger partial charge is 0.497 e. The van der Waals surface area contributed by atoms with Crippen LogP contribution in [0.25, 0.3) is 11.3 Å². The molecule has 142 valence electrons. The number of nitrogens with one attached hydrogen (secondary N) is 1. The standard InChI is InChI=1S/C22H22N4O2/c1-28-19-9-5-7-17(15-19)22(27)23-18-8-4-6-16(14-18)20-10-11-21(25-24-20)26-12-2-3-13-26/h4-11,14-15H,2-3,12-13H2,1H3,(H,23,27). The van der Waals surface area contributed by atoms with Crippen LogP contribution >= 0.6 is 0 Å². The first-order chi connectivity index (χ1) is 13.7. The Kier molecular flexibility index (Phi) is 5.19. The van der Waals surface area contributed by atoms with E-state index in [1.165, 1.54) is 12.8 Å². The maximum Gasteiger partial charge on any atom is 0.255 e. The Morgan fingerprint density at radius 1 is 1.00 bits per heavy atom. The second kappa shape index (κ2) is 8.08. The van der Waals surface area contributed by atoms with Gasteiger partial charge in [0, 0.05) is 29.9 Å². The van der Waals surface area contributed by atoms with Crippen molar-refractivity contribution < 1.29 is 9.53 Å². The smallest absolute Gasteiger partial charge is 0.255 e. The Balaban J connectivity index is 1.50. The number of nitrogens with zero attached hydrogens (tertiary/aromatic N) is 3. The fourth-order valence-electron chi connectivity index (χ4n) is 3.32. The molecule has 1 aliphatic rings. The predicted molar refractivity (Wildman–Crippen MR) is 110 cm³/mol. The zero-order valence-electron chi connectivity index (χ0n) is 15.8. The Labute approximate surface area is 164 Å². The monoisotopic (exact) mass is 374 g/mol. The van der Waals surface area contributed by atoms with Crippen LogP contribution in [0.15, 0.2) is 60.7 Å². The zero-order valence-corrected chi connectivity index (χ0v) is 15.8. The third-order valence-corrected chi connectivity index (χ3v) is 4.83. The lowest BCUT2D eigenvalue weighted by atomic mass is 10.1. The van der Waals surface area contributed by atoms with Crippen molar-refractivity contribution in [3.05, 3.63) is 66.2 Å². The Morgan fingerprint density at radius 3 is 2.57 bits per heavy atom. The highest BCUT2D eigenvalue weighted by Gasteiger charge is 2.14. The molecule has 1 saturated heterocycles. The van der Waals surface area contributed by atoms with Gasteiger partial charge in [0.2, 0.25) is 0 Å². The van der Waals surface area contributed by atoms with E-state index in [9.17, 15) is 4.79 Å². The molecule has 0 spiro atoms. The van der Waals surface area contributed by atoms with Gasteiger partial charge in [-0.1, -0.05) is 18.2 Å². The summed E-state index contributed by atoms with van der Waals surface area (Å²) in [7, 11) is 1.58. The molecular formula is C22H22N4O2. The highest BCUT2D eigenvalue weighted by molar-refractivity contribution is 6.04. The summed E-state index contributed by atoms with van der Waals surface area (Å²) < 4.78 is 5.18. The van der Waals surface area contributed by atoms with E-state index in [0.717, 1.165) is 30.2 Å². The molecule has 2 aromatic carbocycles. The highest BCUT2D eigenvalue weighted by atomic mass is 16.5. The van der Waals surface area contributed by atoms with Gasteiger partial charge in [0.15, 0.2) is 5.82 Å². The molecular weight excluding hydrogens is 352 g/mol. The molecule has 2 heterocycles. The number of hydrogen-bond acceptors (Lipinski definition) is 5. The van der Waals surface area contributed by atoms with E-state index in [1.54, 1.807) is 25.3 Å². The lowest BCUT2D eigenvalue weighted by Crippen LogP contribution is -2.19. The van der Waals surface area contributed by atoms with Gasteiger partial charge in [-0.25, -0.2) is 0 Å². The quantitative estimate of drug-likeness (QED) is 0.731. The van der Waals surface area contributed by atoms with E-state index < -0.39 is 0 Å². The molecule has 0 atom stereocenters. The van der Waals surface area contributed by atoms with Crippen LogP contribution in [0, 0.1) is 0 Å². The fraction of sp³-hybridized carbons (Fsp3) is 0.227. The molecule has 0 bridgehead atoms. The number of hydrogen-bond donors (Lipinski definition) is 1. The topological polar surface area (TPSA) is 67.3 Å². The predicted octanol–water partition coefficient (Wildman–Crippen LogP) is 4.00. The zero-order chi connectivity index (χ0) is 19.3. The lowest BCUT2D eigenvalue weighted by molar-refractivity contribution is 0.102. The van der Waals surface area contributed by atoms with Crippen molar-refractivity contribution in [3.63, 3.8) is 0 Å². The van der Waals surface area contributed by atoms with Crippen LogP contribution in [0.3, 0.4) is 0 Å². The third kappa shape index (κ3) is 3.96. The molecule has 28 heavy (non-hydrogen) atoms. The minimum atomic E-state index is -0.188. The van der Waals surface area contributed by atoms with Crippen molar-refractivity contribution in [2.24, 2.45) is 0 Å². The number of methoxy groups -OCH3 is 1. The second-order valence-electron chi connectivity index (χ2n) is 6.74. The summed E-state index contributed by atoms with van der Waals surface area (Å²) in [6, 6.07) is 18.7. The lowest BCUT2D eigenvalue weighted by Gasteiger charge is -2.15. The highest BCUT2D eigenvalue weighted by Crippen LogP contribution is 2.24. The van der Waals surface area contributed by atoms with Gasteiger partial charge in [0.25, 0.3) is 5.91 Å². The van der Waals surface area contributed by atoms with Crippen LogP contribution in [-0.4, -0.2) is 36.3 Å². The second-order valence-corrected chi connectivity index (χ2v) is 6.74. The molecule has 1 aromatic heterocycles. The Hall–Kier alpha value is -3.41. The van der Waals surface area contributed by atoms with Crippen molar-refractivity contribution in [1.29, 1.82) is 0 Å². The summed E-state index contributed by atoms with van der Waals surface area (Å²) in [6.07, 6.45) is 2.41. The number of amides is 1. The van der Waals surface area contributed by atoms with Crippen molar-refractivity contribution in [2.45, 2.75) is 12.8 Å². The summed E-state index contributed by atoms with van der Waals surface area (Å²) in [5, 5.41) is 11.7. The van der Waals surface area contributed by atoms with Crippen LogP contribution in [-0.2, 0) is 0 Å².